The summed E-state index contributed by atoms with van der Waals surface area (Å²) < 4.78 is 35.2. The molecule has 9 heteroatoms. The first kappa shape index (κ1) is 23.8. The Hall–Kier alpha value is -2.36. The van der Waals surface area contributed by atoms with Crippen molar-refractivity contribution in [2.75, 3.05) is 13.1 Å². The molecule has 178 valence electrons. The van der Waals surface area contributed by atoms with Crippen molar-refractivity contribution in [3.05, 3.63) is 47.8 Å². The van der Waals surface area contributed by atoms with Crippen molar-refractivity contribution < 1.29 is 23.6 Å². The molecule has 4 rings (SSSR count). The fourth-order valence-corrected chi connectivity index (χ4v) is 5.11. The largest absolute Gasteiger partial charge is 0.598 e. The Morgan fingerprint density at radius 2 is 1.94 bits per heavy atom. The van der Waals surface area contributed by atoms with Crippen LogP contribution in [0.3, 0.4) is 0 Å². The summed E-state index contributed by atoms with van der Waals surface area (Å²) in [5.74, 6) is 0.465. The van der Waals surface area contributed by atoms with Gasteiger partial charge in [0.05, 0.1) is 11.7 Å². The molecule has 2 N–H and O–H groups in total. The smallest absolute Gasteiger partial charge is 0.407 e. The van der Waals surface area contributed by atoms with Crippen molar-refractivity contribution in [2.45, 2.75) is 51.0 Å². The maximum absolute atomic E-state index is 13.5. The van der Waals surface area contributed by atoms with Gasteiger partial charge in [-0.2, -0.15) is 0 Å². The summed E-state index contributed by atoms with van der Waals surface area (Å²) in [5.41, 5.74) is 2.28. The third kappa shape index (κ3) is 5.26. The number of fused-ring (bicyclic) bond motifs is 1. The van der Waals surface area contributed by atoms with Gasteiger partial charge >= 0.3 is 6.09 Å². The number of nitrogens with zero attached hydrogens (tertiary/aromatic N) is 2. The van der Waals surface area contributed by atoms with Gasteiger partial charge in [0.1, 0.15) is 16.7 Å². The van der Waals surface area contributed by atoms with Crippen LogP contribution in [0.5, 0.6) is 5.88 Å². The molecule has 0 spiro atoms. The lowest BCUT2D eigenvalue weighted by Gasteiger charge is -2.28. The third-order valence-corrected chi connectivity index (χ3v) is 7.83. The first-order valence-corrected chi connectivity index (χ1v) is 12.3. The van der Waals surface area contributed by atoms with E-state index < -0.39 is 22.2 Å². The van der Waals surface area contributed by atoms with Crippen molar-refractivity contribution in [2.24, 2.45) is 11.8 Å². The van der Waals surface area contributed by atoms with Crippen molar-refractivity contribution in [3.63, 3.8) is 0 Å². The zero-order valence-corrected chi connectivity index (χ0v) is 20.1. The number of ether oxygens (including phenoxy) is 1. The normalized spacial score (nSPS) is 23.7. The predicted octanol–water partition coefficient (Wildman–Crippen LogP) is 4.38. The topological polar surface area (TPSA) is 97.8 Å². The maximum atomic E-state index is 13.5. The van der Waals surface area contributed by atoms with E-state index in [1.165, 1.54) is 17.0 Å². The van der Waals surface area contributed by atoms with E-state index in [1.54, 1.807) is 12.1 Å². The molecule has 0 radical (unpaired) electrons. The lowest BCUT2D eigenvalue weighted by atomic mass is 10.0. The molecule has 1 saturated heterocycles. The van der Waals surface area contributed by atoms with Crippen LogP contribution in [0, 0.1) is 17.7 Å². The van der Waals surface area contributed by atoms with Crippen LogP contribution in [-0.2, 0) is 11.4 Å². The summed E-state index contributed by atoms with van der Waals surface area (Å²) >= 11 is -1.26. The molecule has 1 saturated carbocycles. The van der Waals surface area contributed by atoms with Crippen molar-refractivity contribution >= 4 is 17.5 Å². The van der Waals surface area contributed by atoms with Gasteiger partial charge in [-0.1, -0.05) is 6.92 Å². The Kier molecular flexibility index (Phi) is 6.57. The molecule has 1 aliphatic heterocycles. The minimum Gasteiger partial charge on any atom is -0.598 e. The second-order valence-corrected chi connectivity index (χ2v) is 11.7. The molecular weight excluding hydrogens is 445 g/mol. The van der Waals surface area contributed by atoms with Gasteiger partial charge in [0.15, 0.2) is 0 Å². The van der Waals surface area contributed by atoms with E-state index in [1.807, 2.05) is 39.8 Å². The highest BCUT2D eigenvalue weighted by atomic mass is 32.2. The van der Waals surface area contributed by atoms with Crippen LogP contribution in [0.2, 0.25) is 0 Å². The molecule has 7 nitrogen and oxygen atoms in total. The number of carbonyl (C=O) groups is 1. The van der Waals surface area contributed by atoms with E-state index >= 15 is 0 Å². The number of rotatable bonds is 7. The average Bonchev–Trinajstić information content (AvgIpc) is 3.18. The highest BCUT2D eigenvalue weighted by molar-refractivity contribution is 7.90. The van der Waals surface area contributed by atoms with E-state index in [0.29, 0.717) is 31.1 Å². The Bertz CT molecular complexity index is 1000. The molecule has 2 heterocycles. The summed E-state index contributed by atoms with van der Waals surface area (Å²) in [7, 11) is 0. The summed E-state index contributed by atoms with van der Waals surface area (Å²) in [6.07, 6.45) is -0.263. The molecule has 1 aromatic carbocycles. The summed E-state index contributed by atoms with van der Waals surface area (Å²) in [6, 6.07) is 9.71. The third-order valence-electron chi connectivity index (χ3n) is 6.22. The molecule has 1 aliphatic carbocycles. The SMILES string of the molecule is CCC(N[S+]([O-])C(C)(C)C)c1cc(O[C@@H]2[C@@H]3CN(C(=O)O)C[C@@H]32)nc(-c2ccc(F)cc2)c1. The van der Waals surface area contributed by atoms with Crippen LogP contribution in [0.15, 0.2) is 36.4 Å². The standard InChI is InChI=1S/C24H30FN3O4S/c1-5-19(27-33(31)24(2,3)4)15-10-20(14-6-8-16(25)9-7-14)26-21(11-15)32-22-17-12-28(23(29)30)13-18(17)22/h6-11,17-19,22,27H,5,12-13H2,1-4H3,(H,29,30)/t17-,18+,19?,22-,33?. The Balaban J connectivity index is 1.60. The average molecular weight is 476 g/mol. The van der Waals surface area contributed by atoms with Crippen LogP contribution in [0.25, 0.3) is 11.3 Å². The quantitative estimate of drug-likeness (QED) is 0.577. The zero-order valence-electron chi connectivity index (χ0n) is 19.2. The van der Waals surface area contributed by atoms with E-state index in [9.17, 15) is 18.8 Å². The zero-order chi connectivity index (χ0) is 23.9. The molecule has 2 aliphatic rings. The number of amides is 1. The second-order valence-electron chi connectivity index (χ2n) is 9.69. The van der Waals surface area contributed by atoms with Gasteiger partial charge < -0.3 is 19.3 Å². The fourth-order valence-electron chi connectivity index (χ4n) is 4.19. The van der Waals surface area contributed by atoms with Gasteiger partial charge in [-0.3, -0.25) is 0 Å². The van der Waals surface area contributed by atoms with Crippen LogP contribution in [0.4, 0.5) is 9.18 Å². The van der Waals surface area contributed by atoms with Gasteiger partial charge in [0, 0.05) is 47.9 Å². The van der Waals surface area contributed by atoms with Crippen LogP contribution in [0.1, 0.15) is 45.7 Å². The molecule has 5 atom stereocenters. The highest BCUT2D eigenvalue weighted by Gasteiger charge is 2.59. The van der Waals surface area contributed by atoms with Gasteiger partial charge in [-0.15, -0.1) is 4.72 Å². The number of piperidine rings is 1. The van der Waals surface area contributed by atoms with Gasteiger partial charge in [-0.25, -0.2) is 14.2 Å². The van der Waals surface area contributed by atoms with Crippen molar-refractivity contribution in [1.29, 1.82) is 0 Å². The Labute approximate surface area is 196 Å². The number of hydrogen-bond donors (Lipinski definition) is 2. The molecule has 0 bridgehead atoms. The van der Waals surface area contributed by atoms with Crippen LogP contribution < -0.4 is 9.46 Å². The summed E-state index contributed by atoms with van der Waals surface area (Å²) in [4.78, 5) is 17.3. The van der Waals surface area contributed by atoms with Crippen LogP contribution >= 0.6 is 0 Å². The van der Waals surface area contributed by atoms with E-state index in [4.69, 9.17) is 4.74 Å². The molecule has 2 unspecified atom stereocenters. The molecule has 2 fully saturated rings. The molecule has 1 amide bonds. The van der Waals surface area contributed by atoms with Gasteiger partial charge in [0.25, 0.3) is 0 Å². The minimum absolute atomic E-state index is 0.0684. The molecular formula is C24H30FN3O4S. The van der Waals surface area contributed by atoms with Gasteiger partial charge in [-0.05, 0) is 63.1 Å². The lowest BCUT2D eigenvalue weighted by molar-refractivity contribution is 0.139. The molecule has 1 aromatic heterocycles. The summed E-state index contributed by atoms with van der Waals surface area (Å²) in [5, 5.41) is 9.18. The van der Waals surface area contributed by atoms with Crippen molar-refractivity contribution in [3.8, 4) is 17.1 Å². The first-order chi connectivity index (χ1) is 15.6. The van der Waals surface area contributed by atoms with E-state index in [0.717, 1.165) is 11.1 Å². The summed E-state index contributed by atoms with van der Waals surface area (Å²) in [6.45, 7) is 8.71. The number of halogens is 1. The number of likely N-dealkylation sites (tertiary alicyclic amines) is 1. The number of carboxylic acid groups (broad SMARTS) is 1. The number of benzene rings is 1. The predicted molar refractivity (Wildman–Crippen MR) is 125 cm³/mol. The fraction of sp³-hybridized carbons (Fsp3) is 0.500. The first-order valence-electron chi connectivity index (χ1n) is 11.2. The van der Waals surface area contributed by atoms with E-state index in [-0.39, 0.29) is 29.8 Å². The van der Waals surface area contributed by atoms with E-state index in [2.05, 4.69) is 9.71 Å². The highest BCUT2D eigenvalue weighted by Crippen LogP contribution is 2.48. The lowest BCUT2D eigenvalue weighted by Crippen LogP contribution is -2.41. The Morgan fingerprint density at radius 1 is 1.30 bits per heavy atom. The minimum atomic E-state index is -1.26. The number of pyridine rings is 1. The van der Waals surface area contributed by atoms with Gasteiger partial charge in [0.2, 0.25) is 5.88 Å². The maximum Gasteiger partial charge on any atom is 0.407 e. The second kappa shape index (κ2) is 9.12. The van der Waals surface area contributed by atoms with Crippen LogP contribution in [-0.4, -0.2) is 49.6 Å². The monoisotopic (exact) mass is 475 g/mol. The number of nitrogens with one attached hydrogen (secondary N) is 1. The Morgan fingerprint density at radius 3 is 2.48 bits per heavy atom. The van der Waals surface area contributed by atoms with Crippen molar-refractivity contribution in [1.82, 2.24) is 14.6 Å². The number of aromatic nitrogens is 1. The molecule has 33 heavy (non-hydrogen) atoms. The number of hydrogen-bond acceptors (Lipinski definition) is 5. The molecule has 2 aromatic rings.